The Morgan fingerprint density at radius 3 is 2.24 bits per heavy atom. The topological polar surface area (TPSA) is 64.1 Å². The standard InChI is InChI=1S/C18H13Cl2N3O2/c19-15-10-16(20)23-17(22-15)13-6-8-14(9-7-13)21-18(24)25-11-12-4-2-1-3-5-12/h1-10H,11H2,(H,21,24). The number of rotatable bonds is 4. The van der Waals surface area contributed by atoms with E-state index >= 15 is 0 Å². The van der Waals surface area contributed by atoms with E-state index in [1.54, 1.807) is 24.3 Å². The Kier molecular flexibility index (Phi) is 5.48. The van der Waals surface area contributed by atoms with Crippen molar-refractivity contribution in [2.24, 2.45) is 0 Å². The van der Waals surface area contributed by atoms with Gasteiger partial charge in [-0.3, -0.25) is 5.32 Å². The maximum absolute atomic E-state index is 11.8. The Balaban J connectivity index is 1.61. The van der Waals surface area contributed by atoms with E-state index in [0.29, 0.717) is 11.5 Å². The molecule has 7 heteroatoms. The van der Waals surface area contributed by atoms with Crippen LogP contribution in [0.3, 0.4) is 0 Å². The number of nitrogens with one attached hydrogen (secondary N) is 1. The van der Waals surface area contributed by atoms with Crippen molar-refractivity contribution in [2.45, 2.75) is 6.61 Å². The largest absolute Gasteiger partial charge is 0.444 e. The van der Waals surface area contributed by atoms with Gasteiger partial charge in [-0.15, -0.1) is 0 Å². The van der Waals surface area contributed by atoms with Gasteiger partial charge in [0.25, 0.3) is 0 Å². The van der Waals surface area contributed by atoms with Gasteiger partial charge in [-0.1, -0.05) is 53.5 Å². The Morgan fingerprint density at radius 1 is 0.960 bits per heavy atom. The quantitative estimate of drug-likeness (QED) is 0.638. The van der Waals surface area contributed by atoms with Crippen molar-refractivity contribution >= 4 is 35.0 Å². The van der Waals surface area contributed by atoms with Crippen molar-refractivity contribution in [3.05, 3.63) is 76.5 Å². The number of carbonyl (C=O) groups excluding carboxylic acids is 1. The second-order valence-corrected chi connectivity index (χ2v) is 5.88. The third kappa shape index (κ3) is 4.92. The zero-order chi connectivity index (χ0) is 17.6. The van der Waals surface area contributed by atoms with Crippen LogP contribution >= 0.6 is 23.2 Å². The fraction of sp³-hybridized carbons (Fsp3) is 0.0556. The van der Waals surface area contributed by atoms with E-state index in [1.165, 1.54) is 6.07 Å². The van der Waals surface area contributed by atoms with Crippen LogP contribution in [0, 0.1) is 0 Å². The first-order valence-electron chi connectivity index (χ1n) is 7.38. The molecule has 3 rings (SSSR count). The number of nitrogens with zero attached hydrogens (tertiary/aromatic N) is 2. The predicted molar refractivity (Wildman–Crippen MR) is 97.7 cm³/mol. The van der Waals surface area contributed by atoms with E-state index in [1.807, 2.05) is 30.3 Å². The fourth-order valence-corrected chi connectivity index (χ4v) is 2.52. The highest BCUT2D eigenvalue weighted by molar-refractivity contribution is 6.33. The SMILES string of the molecule is O=C(Nc1ccc(-c2nc(Cl)cc(Cl)n2)cc1)OCc1ccccc1. The molecule has 1 N–H and O–H groups in total. The molecular formula is C18H13Cl2N3O2. The molecule has 5 nitrogen and oxygen atoms in total. The van der Waals surface area contributed by atoms with Crippen LogP contribution < -0.4 is 5.32 Å². The smallest absolute Gasteiger partial charge is 0.411 e. The van der Waals surface area contributed by atoms with Gasteiger partial charge in [0, 0.05) is 17.3 Å². The predicted octanol–water partition coefficient (Wildman–Crippen LogP) is 5.20. The zero-order valence-corrected chi connectivity index (χ0v) is 14.5. The molecule has 3 aromatic rings. The molecule has 0 atom stereocenters. The van der Waals surface area contributed by atoms with Crippen LogP contribution in [-0.2, 0) is 11.3 Å². The molecular weight excluding hydrogens is 361 g/mol. The van der Waals surface area contributed by atoms with Crippen molar-refractivity contribution in [3.63, 3.8) is 0 Å². The molecule has 0 bridgehead atoms. The van der Waals surface area contributed by atoms with Gasteiger partial charge in [-0.05, 0) is 29.8 Å². The molecule has 0 aliphatic rings. The van der Waals surface area contributed by atoms with Crippen molar-refractivity contribution in [1.82, 2.24) is 9.97 Å². The lowest BCUT2D eigenvalue weighted by atomic mass is 10.2. The number of hydrogen-bond acceptors (Lipinski definition) is 4. The third-order valence-electron chi connectivity index (χ3n) is 3.27. The van der Waals surface area contributed by atoms with Crippen molar-refractivity contribution in [3.8, 4) is 11.4 Å². The Bertz CT molecular complexity index is 851. The number of anilines is 1. The van der Waals surface area contributed by atoms with E-state index in [-0.39, 0.29) is 16.9 Å². The van der Waals surface area contributed by atoms with Gasteiger partial charge >= 0.3 is 6.09 Å². The summed E-state index contributed by atoms with van der Waals surface area (Å²) in [5, 5.41) is 3.19. The van der Waals surface area contributed by atoms with Crippen LogP contribution in [0.5, 0.6) is 0 Å². The first-order chi connectivity index (χ1) is 12.1. The van der Waals surface area contributed by atoms with E-state index in [0.717, 1.165) is 11.1 Å². The summed E-state index contributed by atoms with van der Waals surface area (Å²) in [4.78, 5) is 20.1. The number of ether oxygens (including phenoxy) is 1. The molecule has 0 fully saturated rings. The molecule has 0 radical (unpaired) electrons. The summed E-state index contributed by atoms with van der Waals surface area (Å²) in [6, 6.07) is 17.9. The molecule has 126 valence electrons. The Hall–Kier alpha value is -2.63. The molecule has 0 aliphatic heterocycles. The highest BCUT2D eigenvalue weighted by Crippen LogP contribution is 2.22. The second kappa shape index (κ2) is 7.96. The summed E-state index contributed by atoms with van der Waals surface area (Å²) in [6.07, 6.45) is -0.529. The number of halogens is 2. The first-order valence-corrected chi connectivity index (χ1v) is 8.14. The number of carbonyl (C=O) groups is 1. The molecule has 0 spiro atoms. The summed E-state index contributed by atoms with van der Waals surface area (Å²) in [6.45, 7) is 0.208. The van der Waals surface area contributed by atoms with Gasteiger partial charge in [-0.25, -0.2) is 14.8 Å². The van der Waals surface area contributed by atoms with Gasteiger partial charge in [0.05, 0.1) is 0 Å². The monoisotopic (exact) mass is 373 g/mol. The Morgan fingerprint density at radius 2 is 1.60 bits per heavy atom. The van der Waals surface area contributed by atoms with Crippen LogP contribution in [0.4, 0.5) is 10.5 Å². The first kappa shape index (κ1) is 17.2. The molecule has 2 aromatic carbocycles. The van der Waals surface area contributed by atoms with Crippen molar-refractivity contribution in [1.29, 1.82) is 0 Å². The summed E-state index contributed by atoms with van der Waals surface area (Å²) in [5.41, 5.74) is 2.24. The zero-order valence-electron chi connectivity index (χ0n) is 12.9. The number of aromatic nitrogens is 2. The van der Waals surface area contributed by atoms with Gasteiger partial charge in [-0.2, -0.15) is 0 Å². The summed E-state index contributed by atoms with van der Waals surface area (Å²) in [5.74, 6) is 0.413. The normalized spacial score (nSPS) is 10.3. The van der Waals surface area contributed by atoms with E-state index in [2.05, 4.69) is 15.3 Å². The third-order valence-corrected chi connectivity index (χ3v) is 3.65. The molecule has 25 heavy (non-hydrogen) atoms. The van der Waals surface area contributed by atoms with Gasteiger partial charge < -0.3 is 4.74 Å². The maximum atomic E-state index is 11.8. The van der Waals surface area contributed by atoms with Crippen LogP contribution in [0.15, 0.2) is 60.7 Å². The highest BCUT2D eigenvalue weighted by Gasteiger charge is 2.07. The highest BCUT2D eigenvalue weighted by atomic mass is 35.5. The minimum absolute atomic E-state index is 0.208. The van der Waals surface area contributed by atoms with Crippen LogP contribution in [0.2, 0.25) is 10.3 Å². The average Bonchev–Trinajstić information content (AvgIpc) is 2.61. The lowest BCUT2D eigenvalue weighted by Crippen LogP contribution is -2.13. The summed E-state index contributed by atoms with van der Waals surface area (Å²) >= 11 is 11.8. The van der Waals surface area contributed by atoms with Crippen LogP contribution in [-0.4, -0.2) is 16.1 Å². The maximum Gasteiger partial charge on any atom is 0.411 e. The Labute approximate surface area is 154 Å². The number of benzene rings is 2. The van der Waals surface area contributed by atoms with Gasteiger partial charge in [0.2, 0.25) is 0 Å². The molecule has 0 aliphatic carbocycles. The minimum Gasteiger partial charge on any atom is -0.444 e. The van der Waals surface area contributed by atoms with Gasteiger partial charge in [0.1, 0.15) is 16.9 Å². The lowest BCUT2D eigenvalue weighted by molar-refractivity contribution is 0.155. The fourth-order valence-electron chi connectivity index (χ4n) is 2.10. The molecule has 1 aromatic heterocycles. The number of amides is 1. The molecule has 0 saturated heterocycles. The van der Waals surface area contributed by atoms with E-state index in [9.17, 15) is 4.79 Å². The van der Waals surface area contributed by atoms with Crippen LogP contribution in [0.1, 0.15) is 5.56 Å². The number of hydrogen-bond donors (Lipinski definition) is 1. The van der Waals surface area contributed by atoms with Crippen molar-refractivity contribution < 1.29 is 9.53 Å². The average molecular weight is 374 g/mol. The molecule has 0 saturated carbocycles. The van der Waals surface area contributed by atoms with Crippen LogP contribution in [0.25, 0.3) is 11.4 Å². The molecule has 1 heterocycles. The van der Waals surface area contributed by atoms with E-state index in [4.69, 9.17) is 27.9 Å². The molecule has 0 unspecified atom stereocenters. The van der Waals surface area contributed by atoms with Crippen molar-refractivity contribution in [2.75, 3.05) is 5.32 Å². The summed E-state index contributed by atoms with van der Waals surface area (Å²) < 4.78 is 5.17. The summed E-state index contributed by atoms with van der Waals surface area (Å²) in [7, 11) is 0. The molecule has 1 amide bonds. The lowest BCUT2D eigenvalue weighted by Gasteiger charge is -2.08. The van der Waals surface area contributed by atoms with Gasteiger partial charge in [0.15, 0.2) is 5.82 Å². The minimum atomic E-state index is -0.529. The van der Waals surface area contributed by atoms with E-state index < -0.39 is 6.09 Å². The second-order valence-electron chi connectivity index (χ2n) is 5.10.